The summed E-state index contributed by atoms with van der Waals surface area (Å²) < 4.78 is 68.3. The van der Waals surface area contributed by atoms with E-state index in [4.69, 9.17) is 0 Å². The minimum Gasteiger partial charge on any atom is -0.507 e. The van der Waals surface area contributed by atoms with Gasteiger partial charge in [-0.1, -0.05) is 57.8 Å². The van der Waals surface area contributed by atoms with Gasteiger partial charge >= 0.3 is 0 Å². The first kappa shape index (κ1) is 26.6. The molecule has 0 unspecified atom stereocenters. The summed E-state index contributed by atoms with van der Waals surface area (Å²) in [7, 11) is 0. The number of aromatic hydroxyl groups is 1. The number of nitrogens with zero attached hydrogens (tertiary/aromatic N) is 2. The summed E-state index contributed by atoms with van der Waals surface area (Å²) in [5, 5.41) is 22.4. The maximum absolute atomic E-state index is 14.0. The highest BCUT2D eigenvalue weighted by atomic mass is 19.2. The van der Waals surface area contributed by atoms with Crippen molar-refractivity contribution in [3.8, 4) is 5.75 Å². The average Bonchev–Trinajstić information content (AvgIpc) is 2.83. The van der Waals surface area contributed by atoms with Gasteiger partial charge in [0.15, 0.2) is 23.3 Å². The van der Waals surface area contributed by atoms with Gasteiger partial charge in [-0.3, -0.25) is 10.1 Å². The van der Waals surface area contributed by atoms with Crippen molar-refractivity contribution in [1.82, 2.24) is 0 Å². The first-order valence-electron chi connectivity index (χ1n) is 11.8. The monoisotopic (exact) mass is 498 g/mol. The number of hydrogen-bond donors (Lipinski definition) is 1. The van der Waals surface area contributed by atoms with Gasteiger partial charge in [0.05, 0.1) is 4.92 Å². The van der Waals surface area contributed by atoms with Gasteiger partial charge in [-0.25, -0.2) is 26.9 Å². The molecule has 1 fully saturated rings. The van der Waals surface area contributed by atoms with Gasteiger partial charge in [-0.2, -0.15) is 0 Å². The molecule has 5 nitrogen and oxygen atoms in total. The van der Waals surface area contributed by atoms with Crippen LogP contribution in [-0.4, -0.2) is 16.2 Å². The van der Waals surface area contributed by atoms with Gasteiger partial charge in [0.2, 0.25) is 5.82 Å². The molecule has 0 spiro atoms. The molecule has 0 atom stereocenters. The predicted molar refractivity (Wildman–Crippen MR) is 122 cm³/mol. The van der Waals surface area contributed by atoms with Crippen molar-refractivity contribution in [2.24, 2.45) is 4.99 Å². The molecule has 0 aliphatic heterocycles. The minimum absolute atomic E-state index is 0.185. The number of aliphatic imine (C=N–C) groups is 1. The van der Waals surface area contributed by atoms with Crippen molar-refractivity contribution in [3.05, 3.63) is 62.5 Å². The van der Waals surface area contributed by atoms with E-state index in [1.165, 1.54) is 12.5 Å². The standard InChI is InChI=1S/C25H27F5N2O3/c26-19-20(27)22(29)24(23(30)21(19)28)31-14-16-12-17(32(34)35)13-18(25(16)33)15-10-8-6-4-2-1-3-5-7-9-11-15/h12-15,33H,1-11H2. The first-order valence-corrected chi connectivity index (χ1v) is 11.8. The largest absolute Gasteiger partial charge is 0.507 e. The topological polar surface area (TPSA) is 75.7 Å². The van der Waals surface area contributed by atoms with Gasteiger partial charge in [-0.15, -0.1) is 0 Å². The third-order valence-electron chi connectivity index (χ3n) is 6.43. The van der Waals surface area contributed by atoms with E-state index in [9.17, 15) is 37.2 Å². The molecule has 1 aliphatic carbocycles. The SMILES string of the molecule is O=[N+]([O-])c1cc(C=Nc2c(F)c(F)c(F)c(F)c2F)c(O)c(C2CCCCCCCCCCC2)c1. The van der Waals surface area contributed by atoms with Crippen molar-refractivity contribution >= 4 is 17.6 Å². The minimum atomic E-state index is -2.32. The number of rotatable bonds is 4. The van der Waals surface area contributed by atoms with E-state index < -0.39 is 39.7 Å². The van der Waals surface area contributed by atoms with Crippen LogP contribution in [0.3, 0.4) is 0 Å². The Labute approximate surface area is 199 Å². The third kappa shape index (κ3) is 6.35. The van der Waals surface area contributed by atoms with E-state index in [2.05, 4.69) is 4.99 Å². The Kier molecular flexibility index (Phi) is 9.17. The van der Waals surface area contributed by atoms with E-state index >= 15 is 0 Å². The fourth-order valence-electron chi connectivity index (χ4n) is 4.49. The van der Waals surface area contributed by atoms with E-state index in [1.807, 2.05) is 0 Å². The number of benzene rings is 2. The zero-order chi connectivity index (χ0) is 25.5. The average molecular weight is 498 g/mol. The highest BCUT2D eigenvalue weighted by Crippen LogP contribution is 2.39. The van der Waals surface area contributed by atoms with Crippen LogP contribution in [0.25, 0.3) is 0 Å². The highest BCUT2D eigenvalue weighted by molar-refractivity contribution is 5.87. The number of phenols is 1. The fraction of sp³-hybridized carbons (Fsp3) is 0.480. The molecule has 2 aromatic rings. The van der Waals surface area contributed by atoms with E-state index in [1.54, 1.807) is 0 Å². The van der Waals surface area contributed by atoms with Crippen LogP contribution in [0.5, 0.6) is 5.75 Å². The summed E-state index contributed by atoms with van der Waals surface area (Å²) in [5.41, 5.74) is -1.75. The summed E-state index contributed by atoms with van der Waals surface area (Å²) >= 11 is 0. The van der Waals surface area contributed by atoms with Crippen LogP contribution in [0.2, 0.25) is 0 Å². The summed E-state index contributed by atoms with van der Waals surface area (Å²) in [6, 6.07) is 2.23. The molecule has 10 heteroatoms. The molecule has 0 heterocycles. The first-order chi connectivity index (χ1) is 16.7. The number of phenolic OH excluding ortho intramolecular Hbond substituents is 1. The summed E-state index contributed by atoms with van der Waals surface area (Å²) in [5.74, 6) is -11.5. The molecule has 3 rings (SSSR count). The van der Waals surface area contributed by atoms with Crippen LogP contribution in [-0.2, 0) is 0 Å². The number of hydrogen-bond acceptors (Lipinski definition) is 4. The van der Waals surface area contributed by atoms with Crippen molar-refractivity contribution in [1.29, 1.82) is 0 Å². The number of nitro benzene ring substituents is 1. The van der Waals surface area contributed by atoms with E-state index in [0.717, 1.165) is 57.4 Å². The number of nitro groups is 1. The second-order valence-electron chi connectivity index (χ2n) is 8.86. The lowest BCUT2D eigenvalue weighted by molar-refractivity contribution is -0.385. The smallest absolute Gasteiger partial charge is 0.270 e. The molecular formula is C25H27F5N2O3. The number of non-ortho nitro benzene ring substituents is 1. The van der Waals surface area contributed by atoms with Crippen LogP contribution >= 0.6 is 0 Å². The normalized spacial score (nSPS) is 16.7. The van der Waals surface area contributed by atoms with Gasteiger partial charge in [-0.05, 0) is 18.8 Å². The van der Waals surface area contributed by atoms with Gasteiger partial charge in [0.25, 0.3) is 5.69 Å². The number of halogens is 5. The molecule has 1 N–H and O–H groups in total. The van der Waals surface area contributed by atoms with E-state index in [0.29, 0.717) is 24.6 Å². The van der Waals surface area contributed by atoms with Gasteiger partial charge in [0, 0.05) is 29.5 Å². The Morgan fingerprint density at radius 1 is 0.800 bits per heavy atom. The van der Waals surface area contributed by atoms with Gasteiger partial charge < -0.3 is 5.11 Å². The van der Waals surface area contributed by atoms with Gasteiger partial charge in [0.1, 0.15) is 11.4 Å². The Balaban J connectivity index is 2.01. The Morgan fingerprint density at radius 3 is 1.74 bits per heavy atom. The molecule has 0 amide bonds. The van der Waals surface area contributed by atoms with Crippen LogP contribution in [0.1, 0.15) is 87.7 Å². The Bertz CT molecular complexity index is 1070. The maximum Gasteiger partial charge on any atom is 0.270 e. The molecule has 190 valence electrons. The van der Waals surface area contributed by atoms with Crippen LogP contribution in [0.15, 0.2) is 17.1 Å². The van der Waals surface area contributed by atoms with Crippen molar-refractivity contribution in [2.45, 2.75) is 76.5 Å². The summed E-state index contributed by atoms with van der Waals surface area (Å²) in [6.45, 7) is 0. The fourth-order valence-corrected chi connectivity index (χ4v) is 4.49. The predicted octanol–water partition coefficient (Wildman–Crippen LogP) is 8.13. The maximum atomic E-state index is 14.0. The van der Waals surface area contributed by atoms with Crippen molar-refractivity contribution in [2.75, 3.05) is 0 Å². The lowest BCUT2D eigenvalue weighted by Crippen LogP contribution is -2.04. The second-order valence-corrected chi connectivity index (χ2v) is 8.86. The molecule has 1 saturated carbocycles. The highest BCUT2D eigenvalue weighted by Gasteiger charge is 2.26. The van der Waals surface area contributed by atoms with Crippen LogP contribution in [0.4, 0.5) is 33.3 Å². The lowest BCUT2D eigenvalue weighted by Gasteiger charge is -2.20. The summed E-state index contributed by atoms with van der Waals surface area (Å²) in [6.07, 6.45) is 11.5. The Morgan fingerprint density at radius 2 is 1.26 bits per heavy atom. The molecule has 35 heavy (non-hydrogen) atoms. The molecular weight excluding hydrogens is 471 g/mol. The van der Waals surface area contributed by atoms with Crippen molar-refractivity contribution in [3.63, 3.8) is 0 Å². The molecule has 1 aliphatic rings. The Hall–Kier alpha value is -3.04. The second kappa shape index (κ2) is 12.1. The van der Waals surface area contributed by atoms with Crippen LogP contribution in [0, 0.1) is 39.2 Å². The molecule has 0 saturated heterocycles. The zero-order valence-electron chi connectivity index (χ0n) is 19.1. The molecule has 0 bridgehead atoms. The summed E-state index contributed by atoms with van der Waals surface area (Å²) in [4.78, 5) is 14.2. The quantitative estimate of drug-likeness (QED) is 0.115. The molecule has 0 aromatic heterocycles. The lowest BCUT2D eigenvalue weighted by atomic mass is 9.86. The molecule has 0 radical (unpaired) electrons. The van der Waals surface area contributed by atoms with Crippen LogP contribution < -0.4 is 0 Å². The van der Waals surface area contributed by atoms with Crippen molar-refractivity contribution < 1.29 is 32.0 Å². The zero-order valence-corrected chi connectivity index (χ0v) is 19.1. The third-order valence-corrected chi connectivity index (χ3v) is 6.43. The van der Waals surface area contributed by atoms with E-state index in [-0.39, 0.29) is 22.9 Å². The molecule has 2 aromatic carbocycles.